The van der Waals surface area contributed by atoms with E-state index in [9.17, 15) is 0 Å². The van der Waals surface area contributed by atoms with E-state index < -0.39 is 0 Å². The highest BCUT2D eigenvalue weighted by Crippen LogP contribution is 2.25. The number of benzene rings is 1. The number of hydrogen-bond acceptors (Lipinski definition) is 4. The molecule has 2 rings (SSSR count). The maximum absolute atomic E-state index is 8.73. The topological polar surface area (TPSA) is 74.7 Å². The van der Waals surface area contributed by atoms with Gasteiger partial charge in [0, 0.05) is 12.1 Å². The summed E-state index contributed by atoms with van der Waals surface area (Å²) in [4.78, 5) is 6.39. The highest BCUT2D eigenvalue weighted by atomic mass is 35.5. The van der Waals surface area contributed by atoms with Crippen molar-refractivity contribution in [2.45, 2.75) is 13.0 Å². The average Bonchev–Trinajstić information content (AvgIpc) is 2.52. The fourth-order valence-electron chi connectivity index (χ4n) is 2.00. The number of hydrogen-bond donors (Lipinski definition) is 2. The van der Waals surface area contributed by atoms with Crippen LogP contribution in [0.1, 0.15) is 24.2 Å². The normalized spacial score (nSPS) is 13.0. The Morgan fingerprint density at radius 3 is 2.71 bits per heavy atom. The number of anilines is 1. The smallest absolute Gasteiger partial charge is 0.188 e. The van der Waals surface area contributed by atoms with Crippen LogP contribution in [0.2, 0.25) is 5.02 Å². The van der Waals surface area contributed by atoms with Crippen LogP contribution in [-0.4, -0.2) is 23.1 Å². The highest BCUT2D eigenvalue weighted by molar-refractivity contribution is 6.30. The summed E-state index contributed by atoms with van der Waals surface area (Å²) >= 11 is 6.03. The van der Waals surface area contributed by atoms with Crippen molar-refractivity contribution in [2.24, 2.45) is 10.9 Å². The fraction of sp³-hybridized carbons (Fsp3) is 0.200. The van der Waals surface area contributed by atoms with Gasteiger partial charge >= 0.3 is 0 Å². The molecule has 0 saturated heterocycles. The predicted molar refractivity (Wildman–Crippen MR) is 85.0 cm³/mol. The van der Waals surface area contributed by atoms with Gasteiger partial charge in [0.05, 0.1) is 6.04 Å². The second-order valence-corrected chi connectivity index (χ2v) is 5.14. The molecule has 1 aromatic carbocycles. The van der Waals surface area contributed by atoms with E-state index in [1.54, 1.807) is 6.07 Å². The Balaban J connectivity index is 2.29. The number of nitrogens with two attached hydrogens (primary N) is 1. The van der Waals surface area contributed by atoms with Crippen LogP contribution < -0.4 is 10.6 Å². The van der Waals surface area contributed by atoms with Gasteiger partial charge in [0.15, 0.2) is 5.84 Å². The summed E-state index contributed by atoms with van der Waals surface area (Å²) in [6, 6.07) is 13.2. The van der Waals surface area contributed by atoms with Crippen molar-refractivity contribution in [3.8, 4) is 0 Å². The summed E-state index contributed by atoms with van der Waals surface area (Å²) < 4.78 is 0. The molecule has 0 aliphatic heterocycles. The summed E-state index contributed by atoms with van der Waals surface area (Å²) in [7, 11) is 1.93. The van der Waals surface area contributed by atoms with Crippen molar-refractivity contribution in [1.29, 1.82) is 0 Å². The van der Waals surface area contributed by atoms with Gasteiger partial charge in [0.1, 0.15) is 11.5 Å². The van der Waals surface area contributed by atoms with Crippen LogP contribution in [0, 0.1) is 0 Å². The van der Waals surface area contributed by atoms with Gasteiger partial charge in [0.2, 0.25) is 0 Å². The second kappa shape index (κ2) is 6.45. The van der Waals surface area contributed by atoms with E-state index in [2.05, 4.69) is 17.1 Å². The second-order valence-electron chi connectivity index (χ2n) is 4.71. The predicted octanol–water partition coefficient (Wildman–Crippen LogP) is 3.03. The lowest BCUT2D eigenvalue weighted by Crippen LogP contribution is -2.24. The molecule has 1 unspecified atom stereocenters. The third-order valence-electron chi connectivity index (χ3n) is 3.38. The number of nitrogens with zero attached hydrogens (tertiary/aromatic N) is 3. The largest absolute Gasteiger partial charge is 0.409 e. The number of halogens is 1. The van der Waals surface area contributed by atoms with E-state index in [0.29, 0.717) is 10.7 Å². The number of oxime groups is 1. The molecule has 0 aliphatic rings. The summed E-state index contributed by atoms with van der Waals surface area (Å²) in [6.07, 6.45) is 0. The van der Waals surface area contributed by atoms with Gasteiger partial charge in [-0.2, -0.15) is 0 Å². The molecule has 0 saturated carbocycles. The van der Waals surface area contributed by atoms with E-state index in [1.165, 1.54) is 0 Å². The number of pyridine rings is 1. The van der Waals surface area contributed by atoms with Gasteiger partial charge in [-0.1, -0.05) is 35.0 Å². The van der Waals surface area contributed by atoms with Gasteiger partial charge in [-0.25, -0.2) is 4.98 Å². The van der Waals surface area contributed by atoms with Crippen molar-refractivity contribution in [3.63, 3.8) is 0 Å². The molecule has 110 valence electrons. The van der Waals surface area contributed by atoms with Crippen LogP contribution in [0.5, 0.6) is 0 Å². The maximum atomic E-state index is 8.73. The standard InChI is InChI=1S/C15H17ClN4O/c1-10(11-5-3-6-12(16)9-11)20(2)14-8-4-7-13(18-14)15(17)19-21/h3-10,21H,1-2H3,(H2,17,19). The summed E-state index contributed by atoms with van der Waals surface area (Å²) in [5.41, 5.74) is 7.09. The Hall–Kier alpha value is -2.27. The van der Waals surface area contributed by atoms with Crippen molar-refractivity contribution in [1.82, 2.24) is 4.98 Å². The zero-order valence-corrected chi connectivity index (χ0v) is 12.6. The molecule has 3 N–H and O–H groups in total. The van der Waals surface area contributed by atoms with Gasteiger partial charge in [-0.3, -0.25) is 0 Å². The van der Waals surface area contributed by atoms with Gasteiger partial charge < -0.3 is 15.8 Å². The number of amidine groups is 1. The van der Waals surface area contributed by atoms with Crippen LogP contribution >= 0.6 is 11.6 Å². The Labute approximate surface area is 128 Å². The highest BCUT2D eigenvalue weighted by Gasteiger charge is 2.14. The fourth-order valence-corrected chi connectivity index (χ4v) is 2.20. The molecule has 0 bridgehead atoms. The Bertz CT molecular complexity index is 660. The molecule has 5 nitrogen and oxygen atoms in total. The third-order valence-corrected chi connectivity index (χ3v) is 3.61. The van der Waals surface area contributed by atoms with Crippen LogP contribution in [-0.2, 0) is 0 Å². The zero-order valence-electron chi connectivity index (χ0n) is 11.9. The average molecular weight is 305 g/mol. The number of aromatic nitrogens is 1. The Kier molecular flexibility index (Phi) is 4.65. The minimum absolute atomic E-state index is 0.0133. The van der Waals surface area contributed by atoms with Crippen molar-refractivity contribution >= 4 is 23.3 Å². The van der Waals surface area contributed by atoms with E-state index in [0.717, 1.165) is 11.4 Å². The lowest BCUT2D eigenvalue weighted by molar-refractivity contribution is 0.318. The van der Waals surface area contributed by atoms with Crippen molar-refractivity contribution in [3.05, 3.63) is 58.7 Å². The van der Waals surface area contributed by atoms with Gasteiger partial charge in [0.25, 0.3) is 0 Å². The Morgan fingerprint density at radius 2 is 2.05 bits per heavy atom. The van der Waals surface area contributed by atoms with Crippen molar-refractivity contribution in [2.75, 3.05) is 11.9 Å². The van der Waals surface area contributed by atoms with Crippen LogP contribution in [0.3, 0.4) is 0 Å². The number of rotatable bonds is 4. The molecule has 0 spiro atoms. The molecular weight excluding hydrogens is 288 g/mol. The van der Waals surface area contributed by atoms with E-state index in [1.807, 2.05) is 48.3 Å². The van der Waals surface area contributed by atoms with Crippen LogP contribution in [0.4, 0.5) is 5.82 Å². The van der Waals surface area contributed by atoms with Gasteiger partial charge in [-0.05, 0) is 36.8 Å². The molecule has 0 radical (unpaired) electrons. The van der Waals surface area contributed by atoms with Gasteiger partial charge in [-0.15, -0.1) is 0 Å². The monoisotopic (exact) mass is 304 g/mol. The molecule has 1 aromatic heterocycles. The summed E-state index contributed by atoms with van der Waals surface area (Å²) in [6.45, 7) is 2.06. The molecule has 0 fully saturated rings. The van der Waals surface area contributed by atoms with E-state index in [-0.39, 0.29) is 11.9 Å². The lowest BCUT2D eigenvalue weighted by atomic mass is 10.1. The SMILES string of the molecule is CC(c1cccc(Cl)c1)N(C)c1cccc(C(N)=NO)n1. The summed E-state index contributed by atoms with van der Waals surface area (Å²) in [5.74, 6) is 0.715. The first-order valence-electron chi connectivity index (χ1n) is 6.46. The molecule has 1 heterocycles. The maximum Gasteiger partial charge on any atom is 0.188 e. The first kappa shape index (κ1) is 15.1. The molecule has 21 heavy (non-hydrogen) atoms. The Morgan fingerprint density at radius 1 is 1.33 bits per heavy atom. The van der Waals surface area contributed by atoms with Crippen molar-refractivity contribution < 1.29 is 5.21 Å². The summed E-state index contributed by atoms with van der Waals surface area (Å²) in [5, 5.41) is 12.4. The van der Waals surface area contributed by atoms with Crippen LogP contribution in [0.15, 0.2) is 47.6 Å². The third kappa shape index (κ3) is 3.44. The molecule has 6 heteroatoms. The molecular formula is C15H17ClN4O. The van der Waals surface area contributed by atoms with E-state index in [4.69, 9.17) is 22.5 Å². The molecule has 0 aliphatic carbocycles. The minimum atomic E-state index is -0.0133. The van der Waals surface area contributed by atoms with Crippen LogP contribution in [0.25, 0.3) is 0 Å². The molecule has 2 aromatic rings. The first-order valence-corrected chi connectivity index (χ1v) is 6.84. The lowest BCUT2D eigenvalue weighted by Gasteiger charge is -2.26. The molecule has 1 atom stereocenters. The first-order chi connectivity index (χ1) is 10.0. The minimum Gasteiger partial charge on any atom is -0.409 e. The molecule has 0 amide bonds. The zero-order chi connectivity index (χ0) is 15.4. The van der Waals surface area contributed by atoms with E-state index >= 15 is 0 Å². The quantitative estimate of drug-likeness (QED) is 0.394.